The average Bonchev–Trinajstić information content (AvgIpc) is 2.86. The van der Waals surface area contributed by atoms with Crippen LogP contribution in [0.5, 0.6) is 5.75 Å². The Morgan fingerprint density at radius 1 is 0.889 bits per heavy atom. The maximum atomic E-state index is 13.7. The fourth-order valence-corrected chi connectivity index (χ4v) is 4.03. The van der Waals surface area contributed by atoms with Crippen LogP contribution < -0.4 is 10.1 Å². The zero-order chi connectivity index (χ0) is 26.1. The molecule has 0 aliphatic heterocycles. The fraction of sp³-hybridized carbons (Fsp3) is 0.355. The molecule has 3 rings (SSSR count). The molecule has 0 fully saturated rings. The summed E-state index contributed by atoms with van der Waals surface area (Å²) in [5, 5.41) is 3.05. The van der Waals surface area contributed by atoms with Crippen LogP contribution in [0, 0.1) is 26.7 Å². The predicted molar refractivity (Wildman–Crippen MR) is 145 cm³/mol. The smallest absolute Gasteiger partial charge is 0.261 e. The Kier molecular flexibility index (Phi) is 9.69. The SMILES string of the molecule is Cc1ccc(C)c(OCC(=O)N(Cc2ccccc2C)[C@H](Cc2ccccc2)C(=O)NCC(C)C)c1. The van der Waals surface area contributed by atoms with Gasteiger partial charge in [0.2, 0.25) is 5.91 Å². The van der Waals surface area contributed by atoms with Crippen molar-refractivity contribution in [3.63, 3.8) is 0 Å². The first kappa shape index (κ1) is 27.0. The highest BCUT2D eigenvalue weighted by molar-refractivity contribution is 5.88. The van der Waals surface area contributed by atoms with Gasteiger partial charge in [0.25, 0.3) is 5.91 Å². The number of ether oxygens (including phenoxy) is 1. The number of carbonyl (C=O) groups excluding carboxylic acids is 2. The summed E-state index contributed by atoms with van der Waals surface area (Å²) >= 11 is 0. The zero-order valence-electron chi connectivity index (χ0n) is 22.1. The van der Waals surface area contributed by atoms with Crippen LogP contribution in [0.1, 0.15) is 41.7 Å². The third-order valence-corrected chi connectivity index (χ3v) is 6.25. The lowest BCUT2D eigenvalue weighted by Gasteiger charge is -2.32. The second kappa shape index (κ2) is 12.9. The van der Waals surface area contributed by atoms with Crippen molar-refractivity contribution in [2.24, 2.45) is 5.92 Å². The average molecular weight is 487 g/mol. The van der Waals surface area contributed by atoms with Gasteiger partial charge in [-0.1, -0.05) is 80.6 Å². The summed E-state index contributed by atoms with van der Waals surface area (Å²) in [6.45, 7) is 10.8. The van der Waals surface area contributed by atoms with E-state index in [9.17, 15) is 9.59 Å². The number of carbonyl (C=O) groups is 2. The highest BCUT2D eigenvalue weighted by Gasteiger charge is 2.31. The number of amides is 2. The normalized spacial score (nSPS) is 11.7. The second-order valence-electron chi connectivity index (χ2n) is 9.85. The molecule has 0 bridgehead atoms. The molecule has 0 aliphatic carbocycles. The number of nitrogens with one attached hydrogen (secondary N) is 1. The van der Waals surface area contributed by atoms with E-state index in [-0.39, 0.29) is 18.4 Å². The van der Waals surface area contributed by atoms with Gasteiger partial charge in [0, 0.05) is 19.5 Å². The van der Waals surface area contributed by atoms with Gasteiger partial charge in [-0.2, -0.15) is 0 Å². The van der Waals surface area contributed by atoms with Gasteiger partial charge in [-0.3, -0.25) is 9.59 Å². The molecule has 3 aromatic carbocycles. The molecule has 1 atom stereocenters. The van der Waals surface area contributed by atoms with Gasteiger partial charge >= 0.3 is 0 Å². The Balaban J connectivity index is 1.93. The van der Waals surface area contributed by atoms with Crippen LogP contribution in [-0.4, -0.2) is 35.9 Å². The molecule has 36 heavy (non-hydrogen) atoms. The molecule has 0 aromatic heterocycles. The van der Waals surface area contributed by atoms with Crippen molar-refractivity contribution in [1.29, 1.82) is 0 Å². The van der Waals surface area contributed by atoms with Crippen molar-refractivity contribution in [3.05, 3.63) is 101 Å². The molecule has 0 spiro atoms. The Morgan fingerprint density at radius 2 is 1.58 bits per heavy atom. The van der Waals surface area contributed by atoms with Crippen LogP contribution in [-0.2, 0) is 22.6 Å². The summed E-state index contributed by atoms with van der Waals surface area (Å²) in [5.74, 6) is 0.614. The van der Waals surface area contributed by atoms with Crippen molar-refractivity contribution < 1.29 is 14.3 Å². The van der Waals surface area contributed by atoms with Gasteiger partial charge < -0.3 is 15.0 Å². The largest absolute Gasteiger partial charge is 0.483 e. The van der Waals surface area contributed by atoms with E-state index in [4.69, 9.17) is 4.74 Å². The number of benzene rings is 3. The van der Waals surface area contributed by atoms with E-state index in [0.717, 1.165) is 27.8 Å². The minimum Gasteiger partial charge on any atom is -0.483 e. The molecule has 190 valence electrons. The van der Waals surface area contributed by atoms with E-state index in [1.807, 2.05) is 93.6 Å². The summed E-state index contributed by atoms with van der Waals surface area (Å²) in [4.78, 5) is 28.9. The van der Waals surface area contributed by atoms with E-state index in [2.05, 4.69) is 19.2 Å². The molecule has 1 N–H and O–H groups in total. The van der Waals surface area contributed by atoms with Crippen LogP contribution in [0.25, 0.3) is 0 Å². The molecule has 0 unspecified atom stereocenters. The first-order valence-electron chi connectivity index (χ1n) is 12.6. The third-order valence-electron chi connectivity index (χ3n) is 6.25. The van der Waals surface area contributed by atoms with Gasteiger partial charge in [0.1, 0.15) is 11.8 Å². The van der Waals surface area contributed by atoms with Crippen LogP contribution in [0.15, 0.2) is 72.8 Å². The lowest BCUT2D eigenvalue weighted by atomic mass is 10.0. The van der Waals surface area contributed by atoms with Crippen LogP contribution in [0.2, 0.25) is 0 Å². The predicted octanol–water partition coefficient (Wildman–Crippen LogP) is 5.40. The standard InChI is InChI=1S/C31H38N2O3/c1-22(2)19-32-31(35)28(18-26-12-7-6-8-13-26)33(20-27-14-10-9-11-24(27)4)30(34)21-36-29-17-23(3)15-16-25(29)5/h6-17,22,28H,18-21H2,1-5H3,(H,32,35)/t28-/m1/s1. The van der Waals surface area contributed by atoms with Crippen LogP contribution >= 0.6 is 0 Å². The van der Waals surface area contributed by atoms with Crippen molar-refractivity contribution in [3.8, 4) is 5.75 Å². The van der Waals surface area contributed by atoms with E-state index in [0.29, 0.717) is 31.2 Å². The van der Waals surface area contributed by atoms with Crippen LogP contribution in [0.4, 0.5) is 0 Å². The molecule has 0 heterocycles. The number of hydrogen-bond acceptors (Lipinski definition) is 3. The summed E-state index contributed by atoms with van der Waals surface area (Å²) in [6.07, 6.45) is 0.422. The molecule has 0 saturated carbocycles. The minimum absolute atomic E-state index is 0.140. The number of nitrogens with zero attached hydrogens (tertiary/aromatic N) is 1. The number of rotatable bonds is 11. The maximum Gasteiger partial charge on any atom is 0.261 e. The van der Waals surface area contributed by atoms with Gasteiger partial charge in [-0.15, -0.1) is 0 Å². The minimum atomic E-state index is -0.666. The number of aryl methyl sites for hydroxylation is 3. The summed E-state index contributed by atoms with van der Waals surface area (Å²) in [5.41, 5.74) is 5.11. The Morgan fingerprint density at radius 3 is 2.28 bits per heavy atom. The molecule has 0 aliphatic rings. The highest BCUT2D eigenvalue weighted by atomic mass is 16.5. The Hall–Kier alpha value is -3.60. The molecule has 3 aromatic rings. The molecule has 0 saturated heterocycles. The van der Waals surface area contributed by atoms with E-state index >= 15 is 0 Å². The Bertz CT molecular complexity index is 1160. The number of hydrogen-bond donors (Lipinski definition) is 1. The highest BCUT2D eigenvalue weighted by Crippen LogP contribution is 2.21. The summed E-state index contributed by atoms with van der Waals surface area (Å²) in [6, 6.07) is 23.1. The third kappa shape index (κ3) is 7.70. The molecule has 0 radical (unpaired) electrons. The maximum absolute atomic E-state index is 13.7. The van der Waals surface area contributed by atoms with Crippen molar-refractivity contribution in [1.82, 2.24) is 10.2 Å². The monoisotopic (exact) mass is 486 g/mol. The lowest BCUT2D eigenvalue weighted by Crippen LogP contribution is -2.52. The van der Waals surface area contributed by atoms with E-state index in [1.165, 1.54) is 0 Å². The fourth-order valence-electron chi connectivity index (χ4n) is 4.03. The Labute approximate surface area is 215 Å². The van der Waals surface area contributed by atoms with Crippen LogP contribution in [0.3, 0.4) is 0 Å². The summed E-state index contributed by atoms with van der Waals surface area (Å²) in [7, 11) is 0. The molecule has 5 nitrogen and oxygen atoms in total. The zero-order valence-corrected chi connectivity index (χ0v) is 22.1. The lowest BCUT2D eigenvalue weighted by molar-refractivity contribution is -0.142. The quantitative estimate of drug-likeness (QED) is 0.395. The van der Waals surface area contributed by atoms with E-state index < -0.39 is 6.04 Å². The molecular formula is C31H38N2O3. The first-order valence-corrected chi connectivity index (χ1v) is 12.6. The second-order valence-corrected chi connectivity index (χ2v) is 9.85. The van der Waals surface area contributed by atoms with Crippen molar-refractivity contribution in [2.45, 2.75) is 53.6 Å². The van der Waals surface area contributed by atoms with E-state index in [1.54, 1.807) is 4.90 Å². The first-order chi connectivity index (χ1) is 17.2. The molecular weight excluding hydrogens is 448 g/mol. The topological polar surface area (TPSA) is 58.6 Å². The van der Waals surface area contributed by atoms with Gasteiger partial charge in [-0.05, 0) is 60.6 Å². The van der Waals surface area contributed by atoms with Gasteiger partial charge in [0.05, 0.1) is 0 Å². The van der Waals surface area contributed by atoms with Gasteiger partial charge in [0.15, 0.2) is 6.61 Å². The van der Waals surface area contributed by atoms with Gasteiger partial charge in [-0.25, -0.2) is 0 Å². The van der Waals surface area contributed by atoms with Crippen molar-refractivity contribution in [2.75, 3.05) is 13.2 Å². The summed E-state index contributed by atoms with van der Waals surface area (Å²) < 4.78 is 5.98. The molecule has 5 heteroatoms. The van der Waals surface area contributed by atoms with Crippen molar-refractivity contribution >= 4 is 11.8 Å². The molecule has 2 amide bonds.